The number of nitrogens with one attached hydrogen (secondary N) is 1. The van der Waals surface area contributed by atoms with E-state index in [-0.39, 0.29) is 11.8 Å². The van der Waals surface area contributed by atoms with Gasteiger partial charge in [0, 0.05) is 37.9 Å². The summed E-state index contributed by atoms with van der Waals surface area (Å²) in [6, 6.07) is 15.1. The molecule has 0 saturated carbocycles. The van der Waals surface area contributed by atoms with Gasteiger partial charge >= 0.3 is 0 Å². The molecule has 32 heavy (non-hydrogen) atoms. The van der Waals surface area contributed by atoms with Gasteiger partial charge in [-0.2, -0.15) is 0 Å². The standard InChI is InChI=1S/C25H29N3O4/c1-3-32-21-6-4-5-20(17-21)26-23-22(19-9-7-18(2)8-10-19)24(29)28(25(23)30)12-11-27-13-15-31-16-14-27/h4-10,17,26H,3,11-16H2,1-2H3. The summed E-state index contributed by atoms with van der Waals surface area (Å²) in [5.74, 6) is 0.132. The summed E-state index contributed by atoms with van der Waals surface area (Å²) in [6.45, 7) is 8.42. The molecule has 2 aromatic carbocycles. The Morgan fingerprint density at radius 2 is 1.75 bits per heavy atom. The van der Waals surface area contributed by atoms with E-state index in [4.69, 9.17) is 9.47 Å². The lowest BCUT2D eigenvalue weighted by atomic mass is 10.0. The quantitative estimate of drug-likeness (QED) is 0.643. The van der Waals surface area contributed by atoms with Crippen molar-refractivity contribution in [1.82, 2.24) is 9.80 Å². The van der Waals surface area contributed by atoms with Gasteiger partial charge < -0.3 is 14.8 Å². The van der Waals surface area contributed by atoms with Gasteiger partial charge in [-0.1, -0.05) is 35.9 Å². The second-order valence-corrected chi connectivity index (χ2v) is 7.92. The first-order chi connectivity index (χ1) is 15.6. The van der Waals surface area contributed by atoms with Crippen LogP contribution in [-0.4, -0.2) is 67.6 Å². The largest absolute Gasteiger partial charge is 0.494 e. The first-order valence-electron chi connectivity index (χ1n) is 11.0. The van der Waals surface area contributed by atoms with E-state index in [9.17, 15) is 9.59 Å². The molecule has 2 aliphatic heterocycles. The Morgan fingerprint density at radius 1 is 1.00 bits per heavy atom. The molecular weight excluding hydrogens is 406 g/mol. The van der Waals surface area contributed by atoms with Crippen LogP contribution < -0.4 is 10.1 Å². The predicted molar refractivity (Wildman–Crippen MR) is 123 cm³/mol. The molecule has 2 heterocycles. The minimum atomic E-state index is -0.305. The molecule has 7 nitrogen and oxygen atoms in total. The molecule has 4 rings (SSSR count). The lowest BCUT2D eigenvalue weighted by Crippen LogP contribution is -2.43. The monoisotopic (exact) mass is 435 g/mol. The molecule has 7 heteroatoms. The molecule has 1 N–H and O–H groups in total. The number of aryl methyl sites for hydroxylation is 1. The Balaban J connectivity index is 1.61. The van der Waals surface area contributed by atoms with Crippen molar-refractivity contribution in [1.29, 1.82) is 0 Å². The zero-order valence-electron chi connectivity index (χ0n) is 18.6. The zero-order chi connectivity index (χ0) is 22.5. The number of imide groups is 1. The highest BCUT2D eigenvalue weighted by molar-refractivity contribution is 6.36. The normalized spacial score (nSPS) is 17.2. The molecule has 0 aromatic heterocycles. The van der Waals surface area contributed by atoms with Crippen LogP contribution in [0.3, 0.4) is 0 Å². The van der Waals surface area contributed by atoms with Crippen molar-refractivity contribution >= 4 is 23.1 Å². The molecule has 0 spiro atoms. The molecule has 2 amide bonds. The van der Waals surface area contributed by atoms with E-state index in [1.807, 2.05) is 62.4 Å². The van der Waals surface area contributed by atoms with E-state index in [1.54, 1.807) is 0 Å². The van der Waals surface area contributed by atoms with Crippen molar-refractivity contribution in [2.24, 2.45) is 0 Å². The molecule has 1 fully saturated rings. The smallest absolute Gasteiger partial charge is 0.278 e. The summed E-state index contributed by atoms with van der Waals surface area (Å²) in [5, 5.41) is 3.20. The Hall–Kier alpha value is -3.16. The maximum Gasteiger partial charge on any atom is 0.278 e. The minimum absolute atomic E-state index is 0.268. The molecular formula is C25H29N3O4. The fourth-order valence-corrected chi connectivity index (χ4v) is 3.92. The van der Waals surface area contributed by atoms with Crippen molar-refractivity contribution in [2.45, 2.75) is 13.8 Å². The Morgan fingerprint density at radius 3 is 2.47 bits per heavy atom. The van der Waals surface area contributed by atoms with Gasteiger partial charge in [-0.15, -0.1) is 0 Å². The van der Waals surface area contributed by atoms with Crippen LogP contribution in [-0.2, 0) is 14.3 Å². The van der Waals surface area contributed by atoms with Gasteiger partial charge in [0.15, 0.2) is 0 Å². The van der Waals surface area contributed by atoms with Gasteiger partial charge in [-0.3, -0.25) is 19.4 Å². The van der Waals surface area contributed by atoms with Crippen LogP contribution in [0.5, 0.6) is 5.75 Å². The van der Waals surface area contributed by atoms with Gasteiger partial charge in [0.1, 0.15) is 11.4 Å². The number of ether oxygens (including phenoxy) is 2. The average molecular weight is 436 g/mol. The van der Waals surface area contributed by atoms with Crippen LogP contribution in [0.15, 0.2) is 54.2 Å². The first-order valence-corrected chi connectivity index (χ1v) is 11.0. The predicted octanol–water partition coefficient (Wildman–Crippen LogP) is 2.92. The van der Waals surface area contributed by atoms with Crippen LogP contribution in [0.4, 0.5) is 5.69 Å². The number of morpholine rings is 1. The van der Waals surface area contributed by atoms with E-state index in [1.165, 1.54) is 4.90 Å². The second-order valence-electron chi connectivity index (χ2n) is 7.92. The van der Waals surface area contributed by atoms with Crippen LogP contribution in [0.25, 0.3) is 5.57 Å². The van der Waals surface area contributed by atoms with Crippen molar-refractivity contribution in [3.63, 3.8) is 0 Å². The van der Waals surface area contributed by atoms with Crippen molar-refractivity contribution < 1.29 is 19.1 Å². The van der Waals surface area contributed by atoms with E-state index >= 15 is 0 Å². The lowest BCUT2D eigenvalue weighted by molar-refractivity contribution is -0.137. The summed E-state index contributed by atoms with van der Waals surface area (Å²) in [4.78, 5) is 30.3. The van der Waals surface area contributed by atoms with Crippen LogP contribution in [0, 0.1) is 6.92 Å². The van der Waals surface area contributed by atoms with Crippen LogP contribution >= 0.6 is 0 Å². The van der Waals surface area contributed by atoms with Gasteiger partial charge in [-0.25, -0.2) is 0 Å². The maximum absolute atomic E-state index is 13.4. The fourth-order valence-electron chi connectivity index (χ4n) is 3.92. The third-order valence-electron chi connectivity index (χ3n) is 5.67. The average Bonchev–Trinajstić information content (AvgIpc) is 3.03. The summed E-state index contributed by atoms with van der Waals surface area (Å²) in [6.07, 6.45) is 0. The molecule has 0 aliphatic carbocycles. The van der Waals surface area contributed by atoms with E-state index in [0.29, 0.717) is 55.6 Å². The SMILES string of the molecule is CCOc1cccc(NC2=C(c3ccc(C)cc3)C(=O)N(CCN3CCOCC3)C2=O)c1. The lowest BCUT2D eigenvalue weighted by Gasteiger charge is -2.28. The third kappa shape index (κ3) is 4.84. The molecule has 0 atom stereocenters. The van der Waals surface area contributed by atoms with Gasteiger partial charge in [0.25, 0.3) is 11.8 Å². The minimum Gasteiger partial charge on any atom is -0.494 e. The summed E-state index contributed by atoms with van der Waals surface area (Å²) < 4.78 is 11.0. The highest BCUT2D eigenvalue weighted by atomic mass is 16.5. The number of hydrogen-bond acceptors (Lipinski definition) is 6. The molecule has 1 saturated heterocycles. The van der Waals surface area contributed by atoms with Gasteiger partial charge in [-0.05, 0) is 31.5 Å². The number of hydrogen-bond donors (Lipinski definition) is 1. The molecule has 0 unspecified atom stereocenters. The number of amides is 2. The Kier molecular flexibility index (Phi) is 6.87. The molecule has 168 valence electrons. The first kappa shape index (κ1) is 22.0. The highest BCUT2D eigenvalue weighted by Gasteiger charge is 2.39. The molecule has 2 aliphatic rings. The maximum atomic E-state index is 13.4. The number of benzene rings is 2. The summed E-state index contributed by atoms with van der Waals surface area (Å²) >= 11 is 0. The van der Waals surface area contributed by atoms with E-state index in [2.05, 4.69) is 10.2 Å². The number of anilines is 1. The number of carbonyl (C=O) groups is 2. The number of nitrogens with zero attached hydrogens (tertiary/aromatic N) is 2. The molecule has 0 radical (unpaired) electrons. The van der Waals surface area contributed by atoms with Crippen molar-refractivity contribution in [3.05, 3.63) is 65.4 Å². The van der Waals surface area contributed by atoms with Crippen molar-refractivity contribution in [3.8, 4) is 5.75 Å². The number of carbonyl (C=O) groups excluding carboxylic acids is 2. The Labute approximate surface area is 188 Å². The number of rotatable bonds is 8. The summed E-state index contributed by atoms with van der Waals surface area (Å²) in [7, 11) is 0. The topological polar surface area (TPSA) is 71.1 Å². The second kappa shape index (κ2) is 9.97. The van der Waals surface area contributed by atoms with Gasteiger partial charge in [0.2, 0.25) is 0 Å². The third-order valence-corrected chi connectivity index (χ3v) is 5.67. The van der Waals surface area contributed by atoms with Crippen molar-refractivity contribution in [2.75, 3.05) is 51.3 Å². The van der Waals surface area contributed by atoms with Crippen LogP contribution in [0.2, 0.25) is 0 Å². The van der Waals surface area contributed by atoms with Gasteiger partial charge in [0.05, 0.1) is 25.4 Å². The molecule has 0 bridgehead atoms. The van der Waals surface area contributed by atoms with E-state index < -0.39 is 0 Å². The fraction of sp³-hybridized carbons (Fsp3) is 0.360. The molecule has 2 aromatic rings. The van der Waals surface area contributed by atoms with E-state index in [0.717, 1.165) is 24.2 Å². The van der Waals surface area contributed by atoms with Crippen LogP contribution in [0.1, 0.15) is 18.1 Å². The highest BCUT2D eigenvalue weighted by Crippen LogP contribution is 2.31. The summed E-state index contributed by atoms with van der Waals surface area (Å²) in [5.41, 5.74) is 3.22. The zero-order valence-corrected chi connectivity index (χ0v) is 18.6. The Bertz CT molecular complexity index is 1010.